The molecule has 0 atom stereocenters. The Morgan fingerprint density at radius 3 is 2.58 bits per heavy atom. The third-order valence-corrected chi connectivity index (χ3v) is 3.47. The van der Waals surface area contributed by atoms with Crippen LogP contribution in [0, 0.1) is 0 Å². The van der Waals surface area contributed by atoms with Crippen molar-refractivity contribution in [1.29, 1.82) is 0 Å². The summed E-state index contributed by atoms with van der Waals surface area (Å²) in [4.78, 5) is 11.1. The van der Waals surface area contributed by atoms with E-state index in [0.29, 0.717) is 5.56 Å². The van der Waals surface area contributed by atoms with Gasteiger partial charge < -0.3 is 9.67 Å². The van der Waals surface area contributed by atoms with E-state index >= 15 is 0 Å². The van der Waals surface area contributed by atoms with Gasteiger partial charge in [-0.25, -0.2) is 4.79 Å². The predicted molar refractivity (Wildman–Crippen MR) is 76.7 cm³/mol. The monoisotopic (exact) mass is 253 g/mol. The summed E-state index contributed by atoms with van der Waals surface area (Å²) in [7, 11) is 0. The highest BCUT2D eigenvalue weighted by Gasteiger charge is 2.12. The van der Waals surface area contributed by atoms with Gasteiger partial charge in [-0.05, 0) is 24.6 Å². The van der Waals surface area contributed by atoms with Gasteiger partial charge in [-0.15, -0.1) is 0 Å². The van der Waals surface area contributed by atoms with E-state index in [1.807, 2.05) is 18.2 Å². The molecule has 96 valence electrons. The van der Waals surface area contributed by atoms with E-state index in [0.717, 1.165) is 23.9 Å². The number of aromatic nitrogens is 1. The predicted octanol–water partition coefficient (Wildman–Crippen LogP) is 3.90. The van der Waals surface area contributed by atoms with Crippen molar-refractivity contribution in [1.82, 2.24) is 4.57 Å². The van der Waals surface area contributed by atoms with E-state index in [-0.39, 0.29) is 0 Å². The number of para-hydroxylation sites is 1. The molecule has 19 heavy (non-hydrogen) atoms. The molecule has 0 amide bonds. The van der Waals surface area contributed by atoms with Crippen molar-refractivity contribution in [2.75, 3.05) is 0 Å². The SMILES string of the molecule is CCCn1c2ccccc2c2ccc(C(=O)O)cc21. The number of benzene rings is 2. The molecule has 1 aromatic heterocycles. The molecule has 0 saturated heterocycles. The second-order valence-electron chi connectivity index (χ2n) is 4.71. The third-order valence-electron chi connectivity index (χ3n) is 3.47. The van der Waals surface area contributed by atoms with Gasteiger partial charge in [0.25, 0.3) is 0 Å². The zero-order valence-corrected chi connectivity index (χ0v) is 10.8. The molecule has 0 fully saturated rings. The summed E-state index contributed by atoms with van der Waals surface area (Å²) >= 11 is 0. The summed E-state index contributed by atoms with van der Waals surface area (Å²) in [5.74, 6) is -0.879. The standard InChI is InChI=1S/C16H15NO2/c1-2-9-17-14-6-4-3-5-12(14)13-8-7-11(16(18)19)10-15(13)17/h3-8,10H,2,9H2,1H3,(H,18,19). The third kappa shape index (κ3) is 1.78. The number of rotatable bonds is 3. The average Bonchev–Trinajstić information content (AvgIpc) is 2.74. The molecule has 3 aromatic rings. The molecule has 3 rings (SSSR count). The number of hydrogen-bond donors (Lipinski definition) is 1. The molecule has 0 aliphatic rings. The first-order valence-electron chi connectivity index (χ1n) is 6.46. The van der Waals surface area contributed by atoms with Crippen molar-refractivity contribution < 1.29 is 9.90 Å². The second kappa shape index (κ2) is 4.43. The Bertz CT molecular complexity index is 771. The van der Waals surface area contributed by atoms with Crippen molar-refractivity contribution in [2.24, 2.45) is 0 Å². The van der Waals surface area contributed by atoms with Gasteiger partial charge in [0, 0.05) is 28.4 Å². The lowest BCUT2D eigenvalue weighted by Gasteiger charge is -2.05. The van der Waals surface area contributed by atoms with Crippen LogP contribution in [0.5, 0.6) is 0 Å². The molecule has 0 unspecified atom stereocenters. The normalized spacial score (nSPS) is 11.2. The first-order valence-corrected chi connectivity index (χ1v) is 6.46. The fourth-order valence-electron chi connectivity index (χ4n) is 2.65. The molecule has 0 spiro atoms. The van der Waals surface area contributed by atoms with Gasteiger partial charge in [0.1, 0.15) is 0 Å². The van der Waals surface area contributed by atoms with Gasteiger partial charge in [-0.3, -0.25) is 0 Å². The topological polar surface area (TPSA) is 42.2 Å². The van der Waals surface area contributed by atoms with Gasteiger partial charge in [0.2, 0.25) is 0 Å². The number of carbonyl (C=O) groups is 1. The highest BCUT2D eigenvalue weighted by atomic mass is 16.4. The van der Waals surface area contributed by atoms with E-state index in [4.69, 9.17) is 5.11 Å². The molecule has 1 N–H and O–H groups in total. The van der Waals surface area contributed by atoms with E-state index < -0.39 is 5.97 Å². The summed E-state index contributed by atoms with van der Waals surface area (Å²) in [6.07, 6.45) is 1.02. The number of fused-ring (bicyclic) bond motifs is 3. The van der Waals surface area contributed by atoms with Crippen molar-refractivity contribution in [2.45, 2.75) is 19.9 Å². The lowest BCUT2D eigenvalue weighted by molar-refractivity contribution is 0.0697. The molecule has 1 heterocycles. The highest BCUT2D eigenvalue weighted by molar-refractivity contribution is 6.09. The number of carboxylic acid groups (broad SMARTS) is 1. The molecule has 3 heteroatoms. The van der Waals surface area contributed by atoms with Gasteiger partial charge in [-0.1, -0.05) is 31.2 Å². The molecule has 0 aliphatic carbocycles. The Morgan fingerprint density at radius 2 is 1.84 bits per heavy atom. The first kappa shape index (κ1) is 11.8. The first-order chi connectivity index (χ1) is 9.22. The summed E-state index contributed by atoms with van der Waals surface area (Å²) < 4.78 is 2.21. The molecular formula is C16H15NO2. The van der Waals surface area contributed by atoms with Crippen molar-refractivity contribution >= 4 is 27.8 Å². The molecule has 0 saturated carbocycles. The van der Waals surface area contributed by atoms with E-state index in [1.165, 1.54) is 10.9 Å². The number of carboxylic acids is 1. The Kier molecular flexibility index (Phi) is 2.75. The van der Waals surface area contributed by atoms with Crippen LogP contribution in [0.2, 0.25) is 0 Å². The minimum atomic E-state index is -0.879. The minimum Gasteiger partial charge on any atom is -0.478 e. The van der Waals surface area contributed by atoms with Crippen LogP contribution in [-0.2, 0) is 6.54 Å². The number of aryl methyl sites for hydroxylation is 1. The lowest BCUT2D eigenvalue weighted by Crippen LogP contribution is -1.99. The molecule has 0 aliphatic heterocycles. The van der Waals surface area contributed by atoms with Crippen LogP contribution < -0.4 is 0 Å². The lowest BCUT2D eigenvalue weighted by atomic mass is 10.1. The number of aromatic carboxylic acids is 1. The van der Waals surface area contributed by atoms with Crippen LogP contribution in [0.15, 0.2) is 42.5 Å². The van der Waals surface area contributed by atoms with Gasteiger partial charge in [0.15, 0.2) is 0 Å². The van der Waals surface area contributed by atoms with E-state index in [1.54, 1.807) is 12.1 Å². The Labute approximate surface area is 111 Å². The molecule has 0 bridgehead atoms. The Morgan fingerprint density at radius 1 is 1.11 bits per heavy atom. The molecule has 0 radical (unpaired) electrons. The highest BCUT2D eigenvalue weighted by Crippen LogP contribution is 2.29. The summed E-state index contributed by atoms with van der Waals surface area (Å²) in [6.45, 7) is 3.02. The molecule has 3 nitrogen and oxygen atoms in total. The fraction of sp³-hybridized carbons (Fsp3) is 0.188. The van der Waals surface area contributed by atoms with Crippen LogP contribution in [0.3, 0.4) is 0 Å². The maximum atomic E-state index is 11.1. The second-order valence-corrected chi connectivity index (χ2v) is 4.71. The van der Waals surface area contributed by atoms with Crippen molar-refractivity contribution in [3.8, 4) is 0 Å². The largest absolute Gasteiger partial charge is 0.478 e. The maximum absolute atomic E-state index is 11.1. The summed E-state index contributed by atoms with van der Waals surface area (Å²) in [5, 5.41) is 11.4. The number of hydrogen-bond acceptors (Lipinski definition) is 1. The zero-order chi connectivity index (χ0) is 13.4. The Hall–Kier alpha value is -2.29. The quantitative estimate of drug-likeness (QED) is 0.769. The van der Waals surface area contributed by atoms with E-state index in [9.17, 15) is 4.79 Å². The molecular weight excluding hydrogens is 238 g/mol. The molecule has 2 aromatic carbocycles. The number of nitrogens with zero attached hydrogens (tertiary/aromatic N) is 1. The van der Waals surface area contributed by atoms with Gasteiger partial charge in [-0.2, -0.15) is 0 Å². The van der Waals surface area contributed by atoms with Gasteiger partial charge >= 0.3 is 5.97 Å². The summed E-state index contributed by atoms with van der Waals surface area (Å²) in [5.41, 5.74) is 2.51. The van der Waals surface area contributed by atoms with E-state index in [2.05, 4.69) is 23.6 Å². The van der Waals surface area contributed by atoms with Crippen molar-refractivity contribution in [3.05, 3.63) is 48.0 Å². The van der Waals surface area contributed by atoms with Crippen molar-refractivity contribution in [3.63, 3.8) is 0 Å². The maximum Gasteiger partial charge on any atom is 0.335 e. The van der Waals surface area contributed by atoms with Crippen LogP contribution in [0.25, 0.3) is 21.8 Å². The minimum absolute atomic E-state index is 0.340. The van der Waals surface area contributed by atoms with Crippen LogP contribution >= 0.6 is 0 Å². The van der Waals surface area contributed by atoms with Gasteiger partial charge in [0.05, 0.1) is 5.56 Å². The van der Waals surface area contributed by atoms with Crippen LogP contribution in [-0.4, -0.2) is 15.6 Å². The average molecular weight is 253 g/mol. The van der Waals surface area contributed by atoms with Crippen LogP contribution in [0.4, 0.5) is 0 Å². The zero-order valence-electron chi connectivity index (χ0n) is 10.8. The van der Waals surface area contributed by atoms with Crippen LogP contribution in [0.1, 0.15) is 23.7 Å². The smallest absolute Gasteiger partial charge is 0.335 e. The summed E-state index contributed by atoms with van der Waals surface area (Å²) in [6, 6.07) is 13.6. The fourth-order valence-corrected chi connectivity index (χ4v) is 2.65. The Balaban J connectivity index is 2.42.